The van der Waals surface area contributed by atoms with Gasteiger partial charge in [0.2, 0.25) is 5.91 Å². The number of amides is 1. The van der Waals surface area contributed by atoms with E-state index in [2.05, 4.69) is 10.6 Å². The molecule has 2 rings (SSSR count). The zero-order valence-electron chi connectivity index (χ0n) is 11.1. The van der Waals surface area contributed by atoms with Gasteiger partial charge in [-0.15, -0.1) is 0 Å². The summed E-state index contributed by atoms with van der Waals surface area (Å²) in [6.45, 7) is 1.36. The third-order valence-electron chi connectivity index (χ3n) is 3.06. The van der Waals surface area contributed by atoms with Gasteiger partial charge in [0.1, 0.15) is 0 Å². The van der Waals surface area contributed by atoms with E-state index in [-0.39, 0.29) is 5.91 Å². The van der Waals surface area contributed by atoms with Gasteiger partial charge >= 0.3 is 0 Å². The van der Waals surface area contributed by atoms with E-state index in [4.69, 9.17) is 0 Å². The SMILES string of the molecule is CN(C)c1cccc(NC(=O)CNCC2CC2)c1. The van der Waals surface area contributed by atoms with Gasteiger partial charge in [-0.1, -0.05) is 6.07 Å². The van der Waals surface area contributed by atoms with Crippen LogP contribution in [-0.4, -0.2) is 33.1 Å². The van der Waals surface area contributed by atoms with Crippen LogP contribution < -0.4 is 15.5 Å². The Hall–Kier alpha value is -1.55. The molecule has 0 heterocycles. The number of carbonyl (C=O) groups excluding carboxylic acids is 1. The highest BCUT2D eigenvalue weighted by Gasteiger charge is 2.20. The van der Waals surface area contributed by atoms with Crippen molar-refractivity contribution in [1.82, 2.24) is 5.32 Å². The molecule has 0 aliphatic heterocycles. The van der Waals surface area contributed by atoms with E-state index in [1.54, 1.807) is 0 Å². The Morgan fingerprint density at radius 1 is 1.39 bits per heavy atom. The summed E-state index contributed by atoms with van der Waals surface area (Å²) in [6, 6.07) is 7.84. The molecule has 0 saturated heterocycles. The molecule has 18 heavy (non-hydrogen) atoms. The van der Waals surface area contributed by atoms with Gasteiger partial charge in [-0.25, -0.2) is 0 Å². The Bertz CT molecular complexity index is 413. The Kier molecular flexibility index (Phi) is 4.20. The van der Waals surface area contributed by atoms with Gasteiger partial charge in [-0.3, -0.25) is 4.79 Å². The van der Waals surface area contributed by atoms with Crippen LogP contribution in [0.3, 0.4) is 0 Å². The second kappa shape index (κ2) is 5.87. The second-order valence-electron chi connectivity index (χ2n) is 5.07. The fourth-order valence-corrected chi connectivity index (χ4v) is 1.78. The fraction of sp³-hybridized carbons (Fsp3) is 0.500. The largest absolute Gasteiger partial charge is 0.378 e. The van der Waals surface area contributed by atoms with Gasteiger partial charge < -0.3 is 15.5 Å². The van der Waals surface area contributed by atoms with Crippen molar-refractivity contribution in [3.05, 3.63) is 24.3 Å². The summed E-state index contributed by atoms with van der Waals surface area (Å²) in [6.07, 6.45) is 2.61. The Balaban J connectivity index is 1.79. The smallest absolute Gasteiger partial charge is 0.238 e. The minimum absolute atomic E-state index is 0.0200. The molecular weight excluding hydrogens is 226 g/mol. The number of benzene rings is 1. The summed E-state index contributed by atoms with van der Waals surface area (Å²) >= 11 is 0. The molecule has 1 aromatic carbocycles. The third-order valence-corrected chi connectivity index (χ3v) is 3.06. The molecule has 0 aromatic heterocycles. The van der Waals surface area contributed by atoms with Crippen molar-refractivity contribution in [2.24, 2.45) is 5.92 Å². The second-order valence-corrected chi connectivity index (χ2v) is 5.07. The lowest BCUT2D eigenvalue weighted by molar-refractivity contribution is -0.115. The maximum Gasteiger partial charge on any atom is 0.238 e. The maximum absolute atomic E-state index is 11.7. The molecular formula is C14H21N3O. The summed E-state index contributed by atoms with van der Waals surface area (Å²) in [5.74, 6) is 0.821. The van der Waals surface area contributed by atoms with E-state index in [1.807, 2.05) is 43.3 Å². The standard InChI is InChI=1S/C14H21N3O/c1-17(2)13-5-3-4-12(8-13)16-14(18)10-15-9-11-6-7-11/h3-5,8,11,15H,6-7,9-10H2,1-2H3,(H,16,18). The lowest BCUT2D eigenvalue weighted by Crippen LogP contribution is -2.29. The van der Waals surface area contributed by atoms with E-state index in [9.17, 15) is 4.79 Å². The van der Waals surface area contributed by atoms with E-state index < -0.39 is 0 Å². The number of hydrogen-bond acceptors (Lipinski definition) is 3. The molecule has 2 N–H and O–H groups in total. The zero-order chi connectivity index (χ0) is 13.0. The molecule has 1 aliphatic rings. The first kappa shape index (κ1) is 12.9. The highest BCUT2D eigenvalue weighted by Crippen LogP contribution is 2.27. The van der Waals surface area contributed by atoms with Gasteiger partial charge in [0.25, 0.3) is 0 Å². The van der Waals surface area contributed by atoms with Crippen LogP contribution in [-0.2, 0) is 4.79 Å². The summed E-state index contributed by atoms with van der Waals surface area (Å²) in [5, 5.41) is 6.09. The number of nitrogens with one attached hydrogen (secondary N) is 2. The summed E-state index contributed by atoms with van der Waals surface area (Å²) in [5.41, 5.74) is 1.93. The number of rotatable bonds is 6. The van der Waals surface area contributed by atoms with Crippen molar-refractivity contribution < 1.29 is 4.79 Å². The normalized spacial score (nSPS) is 14.3. The third kappa shape index (κ3) is 4.04. The average Bonchev–Trinajstić information content (AvgIpc) is 3.13. The van der Waals surface area contributed by atoms with Crippen molar-refractivity contribution >= 4 is 17.3 Å². The average molecular weight is 247 g/mol. The first-order valence-electron chi connectivity index (χ1n) is 6.43. The van der Waals surface area contributed by atoms with Crippen LogP contribution in [0.15, 0.2) is 24.3 Å². The summed E-state index contributed by atoms with van der Waals surface area (Å²) < 4.78 is 0. The zero-order valence-corrected chi connectivity index (χ0v) is 11.1. The fourth-order valence-electron chi connectivity index (χ4n) is 1.78. The van der Waals surface area contributed by atoms with Gasteiger partial charge in [-0.05, 0) is 43.5 Å². The molecule has 1 amide bonds. The highest BCUT2D eigenvalue weighted by molar-refractivity contribution is 5.92. The predicted molar refractivity (Wildman–Crippen MR) is 75.0 cm³/mol. The van der Waals surface area contributed by atoms with Crippen LogP contribution in [0.2, 0.25) is 0 Å². The van der Waals surface area contributed by atoms with Crippen molar-refractivity contribution in [1.29, 1.82) is 0 Å². The Morgan fingerprint density at radius 2 is 2.17 bits per heavy atom. The maximum atomic E-state index is 11.7. The molecule has 0 bridgehead atoms. The van der Waals surface area contributed by atoms with Gasteiger partial charge in [0.15, 0.2) is 0 Å². The lowest BCUT2D eigenvalue weighted by Gasteiger charge is -2.14. The van der Waals surface area contributed by atoms with Crippen molar-refractivity contribution in [2.75, 3.05) is 37.4 Å². The number of anilines is 2. The van der Waals surface area contributed by atoms with Crippen LogP contribution in [0.1, 0.15) is 12.8 Å². The molecule has 4 heteroatoms. The number of nitrogens with zero attached hydrogens (tertiary/aromatic N) is 1. The van der Waals surface area contributed by atoms with Crippen LogP contribution in [0.5, 0.6) is 0 Å². The molecule has 1 saturated carbocycles. The molecule has 0 atom stereocenters. The highest BCUT2D eigenvalue weighted by atomic mass is 16.1. The molecule has 1 aliphatic carbocycles. The predicted octanol–water partition coefficient (Wildman–Crippen LogP) is 1.69. The van der Waals surface area contributed by atoms with Crippen LogP contribution in [0.25, 0.3) is 0 Å². The first-order valence-corrected chi connectivity index (χ1v) is 6.43. The quantitative estimate of drug-likeness (QED) is 0.804. The van der Waals surface area contributed by atoms with E-state index >= 15 is 0 Å². The van der Waals surface area contributed by atoms with Crippen molar-refractivity contribution in [3.8, 4) is 0 Å². The van der Waals surface area contributed by atoms with Gasteiger partial charge in [0.05, 0.1) is 6.54 Å². The lowest BCUT2D eigenvalue weighted by atomic mass is 10.2. The number of hydrogen-bond donors (Lipinski definition) is 2. The minimum atomic E-state index is 0.0200. The van der Waals surface area contributed by atoms with Crippen LogP contribution >= 0.6 is 0 Å². The van der Waals surface area contributed by atoms with Crippen molar-refractivity contribution in [2.45, 2.75) is 12.8 Å². The van der Waals surface area contributed by atoms with Crippen LogP contribution in [0, 0.1) is 5.92 Å². The van der Waals surface area contributed by atoms with E-state index in [0.29, 0.717) is 6.54 Å². The van der Waals surface area contributed by atoms with Crippen molar-refractivity contribution in [3.63, 3.8) is 0 Å². The molecule has 98 valence electrons. The van der Waals surface area contributed by atoms with E-state index in [1.165, 1.54) is 12.8 Å². The number of carbonyl (C=O) groups is 1. The van der Waals surface area contributed by atoms with E-state index in [0.717, 1.165) is 23.8 Å². The topological polar surface area (TPSA) is 44.4 Å². The molecule has 0 unspecified atom stereocenters. The molecule has 1 aromatic rings. The first-order chi connectivity index (χ1) is 8.65. The monoisotopic (exact) mass is 247 g/mol. The molecule has 4 nitrogen and oxygen atoms in total. The molecule has 0 radical (unpaired) electrons. The Labute approximate surface area is 108 Å². The summed E-state index contributed by atoms with van der Waals surface area (Å²) in [4.78, 5) is 13.7. The van der Waals surface area contributed by atoms with Gasteiger partial charge in [-0.2, -0.15) is 0 Å². The minimum Gasteiger partial charge on any atom is -0.378 e. The van der Waals surface area contributed by atoms with Gasteiger partial charge in [0, 0.05) is 25.5 Å². The Morgan fingerprint density at radius 3 is 2.83 bits per heavy atom. The van der Waals surface area contributed by atoms with Crippen LogP contribution in [0.4, 0.5) is 11.4 Å². The molecule has 0 spiro atoms. The molecule has 1 fully saturated rings. The summed E-state index contributed by atoms with van der Waals surface area (Å²) in [7, 11) is 3.97.